The molecule has 2 heterocycles. The van der Waals surface area contributed by atoms with Crippen molar-refractivity contribution in [2.45, 2.75) is 31.9 Å². The average molecular weight is 386 g/mol. The number of carbonyl (C=O) groups excluding carboxylic acids is 3. The van der Waals surface area contributed by atoms with E-state index in [1.807, 2.05) is 49.6 Å². The number of rotatable bonds is 7. The van der Waals surface area contributed by atoms with Crippen molar-refractivity contribution in [2.75, 3.05) is 24.5 Å². The number of nitrogens with zero attached hydrogens (tertiary/aromatic N) is 3. The summed E-state index contributed by atoms with van der Waals surface area (Å²) in [4.78, 5) is 41.5. The van der Waals surface area contributed by atoms with Gasteiger partial charge < -0.3 is 4.90 Å². The lowest BCUT2D eigenvalue weighted by Crippen LogP contribution is -2.57. The zero-order valence-corrected chi connectivity index (χ0v) is 16.4. The first-order valence-electron chi connectivity index (χ1n) is 9.25. The highest BCUT2D eigenvalue weighted by molar-refractivity contribution is 8.04. The fraction of sp³-hybridized carbons (Fsp3) is 0.400. The third-order valence-electron chi connectivity index (χ3n) is 4.70. The summed E-state index contributed by atoms with van der Waals surface area (Å²) in [5.74, 6) is -0.351. The Morgan fingerprint density at radius 3 is 2.63 bits per heavy atom. The number of anilines is 1. The number of urea groups is 1. The quantitative estimate of drug-likeness (QED) is 0.676. The molecule has 27 heavy (non-hydrogen) atoms. The van der Waals surface area contributed by atoms with Gasteiger partial charge in [0.2, 0.25) is 0 Å². The molecule has 0 radical (unpaired) electrons. The highest BCUT2D eigenvalue weighted by atomic mass is 32.2. The molecule has 4 amide bonds. The summed E-state index contributed by atoms with van der Waals surface area (Å²) < 4.78 is 1.46. The molecule has 2 aliphatic rings. The minimum absolute atomic E-state index is 0.0752. The van der Waals surface area contributed by atoms with Crippen molar-refractivity contribution in [3.05, 3.63) is 41.8 Å². The zero-order valence-electron chi connectivity index (χ0n) is 15.6. The number of fused-ring (bicyclic) bond motifs is 1. The number of benzene rings is 1. The van der Waals surface area contributed by atoms with Crippen molar-refractivity contribution in [3.8, 4) is 0 Å². The Morgan fingerprint density at radius 2 is 1.96 bits per heavy atom. The second-order valence-corrected chi connectivity index (χ2v) is 7.45. The van der Waals surface area contributed by atoms with E-state index in [2.05, 4.69) is 0 Å². The molecule has 0 fully saturated rings. The van der Waals surface area contributed by atoms with Gasteiger partial charge in [-0.05, 0) is 37.0 Å². The Hall–Kier alpha value is -2.41. The number of thioether (sulfide) groups is 1. The minimum Gasteiger partial charge on any atom is -0.309 e. The maximum absolute atomic E-state index is 13.0. The summed E-state index contributed by atoms with van der Waals surface area (Å²) in [5.41, 5.74) is 1.41. The van der Waals surface area contributed by atoms with Gasteiger partial charge in [-0.2, -0.15) is 14.3 Å². The standard InChI is InChI=1S/C20H24N3O3S/c1-3-5-12-22-19(25)18-16(11-13-27-18)23(20(22)26)14-17(24)21(4-2)15-9-7-6-8-10-15/h6-11,13,18H,3-5,12,14H2,1-2H3/q+1. The van der Waals surface area contributed by atoms with Gasteiger partial charge in [0.05, 0.1) is 6.54 Å². The predicted octanol–water partition coefficient (Wildman–Crippen LogP) is 2.88. The fourth-order valence-electron chi connectivity index (χ4n) is 3.27. The Bertz CT molecular complexity index is 804. The van der Waals surface area contributed by atoms with E-state index in [1.165, 1.54) is 21.2 Å². The predicted molar refractivity (Wildman–Crippen MR) is 107 cm³/mol. The van der Waals surface area contributed by atoms with E-state index >= 15 is 0 Å². The third kappa shape index (κ3) is 3.83. The topological polar surface area (TPSA) is 60.7 Å². The molecule has 0 aliphatic carbocycles. The van der Waals surface area contributed by atoms with E-state index in [1.54, 1.807) is 11.0 Å². The number of amides is 4. The summed E-state index contributed by atoms with van der Waals surface area (Å²) in [6, 6.07) is 9.00. The number of para-hydroxylation sites is 1. The van der Waals surface area contributed by atoms with E-state index in [0.29, 0.717) is 18.8 Å². The number of allylic oxidation sites excluding steroid dienone is 1. The average Bonchev–Trinajstić information content (AvgIpc) is 3.16. The summed E-state index contributed by atoms with van der Waals surface area (Å²) in [5, 5.41) is 1.39. The van der Waals surface area contributed by atoms with Crippen LogP contribution in [0.2, 0.25) is 0 Å². The minimum atomic E-state index is -0.431. The maximum Gasteiger partial charge on any atom is 0.501 e. The molecule has 1 aromatic rings. The molecule has 0 N–H and O–H groups in total. The Balaban J connectivity index is 1.88. The highest BCUT2D eigenvalue weighted by Gasteiger charge is 2.49. The van der Waals surface area contributed by atoms with Crippen LogP contribution in [0.25, 0.3) is 0 Å². The van der Waals surface area contributed by atoms with E-state index in [9.17, 15) is 14.4 Å². The van der Waals surface area contributed by atoms with Crippen LogP contribution < -0.4 is 4.90 Å². The van der Waals surface area contributed by atoms with Crippen molar-refractivity contribution in [1.82, 2.24) is 4.90 Å². The molecule has 0 saturated carbocycles. The largest absolute Gasteiger partial charge is 0.501 e. The second-order valence-electron chi connectivity index (χ2n) is 6.43. The number of likely N-dealkylation sites (N-methyl/N-ethyl adjacent to an activating group) is 1. The van der Waals surface area contributed by atoms with Gasteiger partial charge in [-0.25, -0.2) is 4.79 Å². The van der Waals surface area contributed by atoms with Gasteiger partial charge in [-0.1, -0.05) is 31.5 Å². The Kier molecular flexibility index (Phi) is 6.11. The Labute approximate surface area is 163 Å². The monoisotopic (exact) mass is 386 g/mol. The number of carbonyl (C=O) groups is 3. The molecule has 0 spiro atoms. The number of unbranched alkanes of at least 4 members (excludes halogenated alkanes) is 1. The van der Waals surface area contributed by atoms with E-state index in [-0.39, 0.29) is 18.4 Å². The first-order chi connectivity index (χ1) is 13.1. The number of imide groups is 1. The van der Waals surface area contributed by atoms with Crippen molar-refractivity contribution in [2.24, 2.45) is 0 Å². The lowest BCUT2D eigenvalue weighted by Gasteiger charge is -2.26. The fourth-order valence-corrected chi connectivity index (χ4v) is 4.23. The van der Waals surface area contributed by atoms with Crippen molar-refractivity contribution in [1.29, 1.82) is 0 Å². The van der Waals surface area contributed by atoms with Crippen LogP contribution in [0.3, 0.4) is 0 Å². The highest BCUT2D eigenvalue weighted by Crippen LogP contribution is 2.28. The van der Waals surface area contributed by atoms with Crippen molar-refractivity contribution < 1.29 is 19.0 Å². The number of hydrogen-bond acceptors (Lipinski definition) is 4. The first kappa shape index (κ1) is 19.4. The lowest BCUT2D eigenvalue weighted by molar-refractivity contribution is -0.426. The molecule has 0 aromatic heterocycles. The van der Waals surface area contributed by atoms with Gasteiger partial charge in [0.15, 0.2) is 11.8 Å². The maximum atomic E-state index is 13.0. The van der Waals surface area contributed by atoms with Gasteiger partial charge in [0.25, 0.3) is 5.91 Å². The van der Waals surface area contributed by atoms with Crippen LogP contribution in [0.15, 0.2) is 41.8 Å². The van der Waals surface area contributed by atoms with Crippen molar-refractivity contribution >= 4 is 41.0 Å². The zero-order chi connectivity index (χ0) is 19.4. The molecule has 142 valence electrons. The SMILES string of the molecule is CCCCN1C(=O)C2SC=CC2=[N+](CC(=O)N(CC)c2ccccc2)C1=O. The third-order valence-corrected chi connectivity index (χ3v) is 5.71. The molecule has 3 rings (SSSR count). The van der Waals surface area contributed by atoms with E-state index in [0.717, 1.165) is 18.5 Å². The van der Waals surface area contributed by atoms with Crippen LogP contribution in [0, 0.1) is 0 Å². The molecule has 1 aromatic carbocycles. The molecular weight excluding hydrogens is 362 g/mol. The molecule has 7 heteroatoms. The van der Waals surface area contributed by atoms with Gasteiger partial charge >= 0.3 is 11.9 Å². The van der Waals surface area contributed by atoms with Crippen LogP contribution in [0.4, 0.5) is 10.5 Å². The first-order valence-corrected chi connectivity index (χ1v) is 10.2. The molecule has 0 bridgehead atoms. The summed E-state index contributed by atoms with van der Waals surface area (Å²) >= 11 is 1.39. The van der Waals surface area contributed by atoms with Crippen LogP contribution in [0.1, 0.15) is 26.7 Å². The molecule has 0 saturated heterocycles. The van der Waals surface area contributed by atoms with E-state index in [4.69, 9.17) is 0 Å². The lowest BCUT2D eigenvalue weighted by atomic mass is 10.1. The summed E-state index contributed by atoms with van der Waals surface area (Å²) in [7, 11) is 0. The van der Waals surface area contributed by atoms with Crippen LogP contribution in [0.5, 0.6) is 0 Å². The second kappa shape index (κ2) is 8.52. The smallest absolute Gasteiger partial charge is 0.309 e. The van der Waals surface area contributed by atoms with Gasteiger partial charge in [0, 0.05) is 12.2 Å². The molecule has 6 nitrogen and oxygen atoms in total. The van der Waals surface area contributed by atoms with Gasteiger partial charge in [-0.3, -0.25) is 4.79 Å². The van der Waals surface area contributed by atoms with Crippen LogP contribution >= 0.6 is 11.8 Å². The summed E-state index contributed by atoms with van der Waals surface area (Å²) in [6.07, 6.45) is 3.42. The molecule has 2 aliphatic heterocycles. The molecule has 1 unspecified atom stereocenters. The van der Waals surface area contributed by atoms with Crippen LogP contribution in [-0.4, -0.2) is 57.9 Å². The van der Waals surface area contributed by atoms with Gasteiger partial charge in [-0.15, -0.1) is 11.8 Å². The Morgan fingerprint density at radius 1 is 1.22 bits per heavy atom. The van der Waals surface area contributed by atoms with Gasteiger partial charge in [0.1, 0.15) is 5.71 Å². The normalized spacial score (nSPS) is 18.9. The van der Waals surface area contributed by atoms with Crippen LogP contribution in [-0.2, 0) is 9.59 Å². The van der Waals surface area contributed by atoms with E-state index < -0.39 is 11.3 Å². The molecular formula is C20H24N3O3S+. The molecule has 1 atom stereocenters. The van der Waals surface area contributed by atoms with Crippen molar-refractivity contribution in [3.63, 3.8) is 0 Å². The number of hydrogen-bond donors (Lipinski definition) is 0. The summed E-state index contributed by atoms with van der Waals surface area (Å²) in [6.45, 7) is 4.74.